The Morgan fingerprint density at radius 3 is 2.93 bits per heavy atom. The van der Waals surface area contributed by atoms with Gasteiger partial charge in [-0.05, 0) is 62.4 Å². The summed E-state index contributed by atoms with van der Waals surface area (Å²) in [5, 5.41) is 4.25. The molecule has 4 rings (SSSR count). The molecule has 0 saturated carbocycles. The van der Waals surface area contributed by atoms with Gasteiger partial charge in [-0.25, -0.2) is 0 Å². The first kappa shape index (κ1) is 20.2. The van der Waals surface area contributed by atoms with Gasteiger partial charge in [-0.3, -0.25) is 0 Å². The van der Waals surface area contributed by atoms with E-state index in [2.05, 4.69) is 35.0 Å². The quantitative estimate of drug-likeness (QED) is 0.588. The van der Waals surface area contributed by atoms with E-state index in [-0.39, 0.29) is 12.1 Å². The zero-order valence-corrected chi connectivity index (χ0v) is 17.7. The fourth-order valence-corrected chi connectivity index (χ4v) is 3.75. The highest BCUT2D eigenvalue weighted by Gasteiger charge is 2.24. The third kappa shape index (κ3) is 4.10. The Morgan fingerprint density at radius 1 is 1.27 bits per heavy atom. The van der Waals surface area contributed by atoms with Crippen molar-refractivity contribution in [3.8, 4) is 40.4 Å². The molecule has 2 N–H and O–H groups in total. The average Bonchev–Trinajstić information content (AvgIpc) is 3.36. The maximum Gasteiger partial charge on any atom is 0.258 e. The van der Waals surface area contributed by atoms with Crippen LogP contribution in [-0.2, 0) is 6.42 Å². The first-order chi connectivity index (χ1) is 14.6. The minimum Gasteiger partial charge on any atom is -0.490 e. The number of ether oxygens (including phenoxy) is 1. The summed E-state index contributed by atoms with van der Waals surface area (Å²) < 4.78 is 11.5. The van der Waals surface area contributed by atoms with Gasteiger partial charge in [0, 0.05) is 23.6 Å². The molecule has 0 amide bonds. The Bertz CT molecular complexity index is 1110. The summed E-state index contributed by atoms with van der Waals surface area (Å²) in [5.41, 5.74) is 11.3. The van der Waals surface area contributed by atoms with Crippen molar-refractivity contribution in [3.63, 3.8) is 0 Å². The highest BCUT2D eigenvalue weighted by atomic mass is 16.5. The zero-order valence-electron chi connectivity index (χ0n) is 17.7. The van der Waals surface area contributed by atoms with Gasteiger partial charge in [-0.1, -0.05) is 42.1 Å². The molecule has 5 heteroatoms. The molecule has 1 aliphatic rings. The molecular formula is C25H27N3O2. The molecule has 1 atom stereocenters. The number of aromatic nitrogens is 2. The molecule has 0 radical (unpaired) electrons. The summed E-state index contributed by atoms with van der Waals surface area (Å²) in [7, 11) is 0. The standard InChI is InChI=1S/C25H27N3O2/c1-4-5-6-8-17-15-18(11-14-23(17)29-16(2)3)25-27-24(28-30-25)21-10-7-9-20-19(21)12-13-22(20)26/h7,9-11,14-16,22H,4-5,12-13,26H2,1-3H3. The van der Waals surface area contributed by atoms with Crippen LogP contribution in [0, 0.1) is 11.8 Å². The van der Waals surface area contributed by atoms with Gasteiger partial charge >= 0.3 is 0 Å². The minimum absolute atomic E-state index is 0.0733. The third-order valence-corrected chi connectivity index (χ3v) is 5.17. The van der Waals surface area contributed by atoms with Gasteiger partial charge in [0.2, 0.25) is 5.82 Å². The lowest BCUT2D eigenvalue weighted by Crippen LogP contribution is -2.06. The lowest BCUT2D eigenvalue weighted by atomic mass is 10.0. The van der Waals surface area contributed by atoms with Crippen LogP contribution in [0.1, 0.15) is 62.8 Å². The Kier molecular flexibility index (Phi) is 5.87. The number of nitrogens with two attached hydrogens (primary N) is 1. The van der Waals surface area contributed by atoms with Crippen molar-refractivity contribution < 1.29 is 9.26 Å². The van der Waals surface area contributed by atoms with Crippen LogP contribution in [0.15, 0.2) is 40.9 Å². The number of unbranched alkanes of at least 4 members (excludes halogenated alkanes) is 1. The third-order valence-electron chi connectivity index (χ3n) is 5.17. The van der Waals surface area contributed by atoms with Gasteiger partial charge in [0.25, 0.3) is 5.89 Å². The molecule has 0 fully saturated rings. The summed E-state index contributed by atoms with van der Waals surface area (Å²) in [5.74, 6) is 8.26. The van der Waals surface area contributed by atoms with Crippen molar-refractivity contribution in [2.24, 2.45) is 5.73 Å². The molecule has 30 heavy (non-hydrogen) atoms. The van der Waals surface area contributed by atoms with Crippen LogP contribution < -0.4 is 10.5 Å². The Morgan fingerprint density at radius 2 is 2.13 bits per heavy atom. The second-order valence-electron chi connectivity index (χ2n) is 7.87. The van der Waals surface area contributed by atoms with Gasteiger partial charge in [0.1, 0.15) is 5.75 Å². The summed E-state index contributed by atoms with van der Waals surface area (Å²) in [6.45, 7) is 6.13. The predicted octanol–water partition coefficient (Wildman–Crippen LogP) is 5.29. The molecule has 0 aliphatic heterocycles. The van der Waals surface area contributed by atoms with E-state index in [1.165, 1.54) is 11.1 Å². The fourth-order valence-electron chi connectivity index (χ4n) is 3.75. The van der Waals surface area contributed by atoms with E-state index >= 15 is 0 Å². The van der Waals surface area contributed by atoms with Crippen LogP contribution in [-0.4, -0.2) is 16.2 Å². The molecule has 2 aromatic carbocycles. The molecule has 0 saturated heterocycles. The van der Waals surface area contributed by atoms with Crippen molar-refractivity contribution in [2.75, 3.05) is 0 Å². The predicted molar refractivity (Wildman–Crippen MR) is 118 cm³/mol. The Balaban J connectivity index is 1.69. The zero-order chi connectivity index (χ0) is 21.1. The lowest BCUT2D eigenvalue weighted by Gasteiger charge is -2.12. The molecule has 5 nitrogen and oxygen atoms in total. The van der Waals surface area contributed by atoms with E-state index in [1.54, 1.807) is 0 Å². The molecule has 1 unspecified atom stereocenters. The van der Waals surface area contributed by atoms with Crippen LogP contribution >= 0.6 is 0 Å². The monoisotopic (exact) mass is 401 g/mol. The largest absolute Gasteiger partial charge is 0.490 e. The summed E-state index contributed by atoms with van der Waals surface area (Å²) in [6, 6.07) is 12.0. The van der Waals surface area contributed by atoms with E-state index in [0.29, 0.717) is 11.7 Å². The van der Waals surface area contributed by atoms with Crippen LogP contribution in [0.3, 0.4) is 0 Å². The van der Waals surface area contributed by atoms with Gasteiger partial charge in [-0.15, -0.1) is 0 Å². The number of hydrogen-bond donors (Lipinski definition) is 1. The molecule has 1 heterocycles. The Hall–Kier alpha value is -3.10. The molecule has 1 aromatic heterocycles. The first-order valence-electron chi connectivity index (χ1n) is 10.6. The smallest absolute Gasteiger partial charge is 0.258 e. The molecule has 0 spiro atoms. The number of fused-ring (bicyclic) bond motifs is 1. The average molecular weight is 402 g/mol. The number of hydrogen-bond acceptors (Lipinski definition) is 5. The minimum atomic E-state index is 0.0733. The second-order valence-corrected chi connectivity index (χ2v) is 7.87. The molecule has 0 bridgehead atoms. The molecular weight excluding hydrogens is 374 g/mol. The van der Waals surface area contributed by atoms with Crippen molar-refractivity contribution >= 4 is 0 Å². The SMILES string of the molecule is CCCC#Cc1cc(-c2nc(-c3cccc4c3CCC4N)no2)ccc1OC(C)C. The van der Waals surface area contributed by atoms with E-state index in [1.807, 2.05) is 44.2 Å². The van der Waals surface area contributed by atoms with Crippen LogP contribution in [0.2, 0.25) is 0 Å². The topological polar surface area (TPSA) is 74.2 Å². The van der Waals surface area contributed by atoms with Crippen LogP contribution in [0.5, 0.6) is 5.75 Å². The van der Waals surface area contributed by atoms with E-state index < -0.39 is 0 Å². The summed E-state index contributed by atoms with van der Waals surface area (Å²) >= 11 is 0. The van der Waals surface area contributed by atoms with Crippen molar-refractivity contribution in [3.05, 3.63) is 53.1 Å². The number of benzene rings is 2. The molecule has 3 aromatic rings. The van der Waals surface area contributed by atoms with E-state index in [0.717, 1.165) is 48.1 Å². The van der Waals surface area contributed by atoms with Crippen LogP contribution in [0.4, 0.5) is 0 Å². The van der Waals surface area contributed by atoms with Gasteiger partial charge in [0.15, 0.2) is 0 Å². The number of rotatable bonds is 5. The highest BCUT2D eigenvalue weighted by molar-refractivity contribution is 5.67. The van der Waals surface area contributed by atoms with Gasteiger partial charge in [-0.2, -0.15) is 4.98 Å². The van der Waals surface area contributed by atoms with Gasteiger partial charge < -0.3 is 15.0 Å². The summed E-state index contributed by atoms with van der Waals surface area (Å²) in [4.78, 5) is 4.67. The van der Waals surface area contributed by atoms with Gasteiger partial charge in [0.05, 0.1) is 11.7 Å². The lowest BCUT2D eigenvalue weighted by molar-refractivity contribution is 0.242. The highest BCUT2D eigenvalue weighted by Crippen LogP contribution is 2.36. The second kappa shape index (κ2) is 8.73. The normalized spacial score (nSPS) is 15.0. The van der Waals surface area contributed by atoms with Crippen molar-refractivity contribution in [2.45, 2.75) is 58.6 Å². The first-order valence-corrected chi connectivity index (χ1v) is 10.6. The van der Waals surface area contributed by atoms with Crippen LogP contribution in [0.25, 0.3) is 22.8 Å². The van der Waals surface area contributed by atoms with E-state index in [9.17, 15) is 0 Å². The number of nitrogens with zero attached hydrogens (tertiary/aromatic N) is 2. The fraction of sp³-hybridized carbons (Fsp3) is 0.360. The molecule has 154 valence electrons. The Labute approximate surface area is 177 Å². The van der Waals surface area contributed by atoms with E-state index in [4.69, 9.17) is 15.0 Å². The maximum atomic E-state index is 6.22. The summed E-state index contributed by atoms with van der Waals surface area (Å²) in [6.07, 6.45) is 3.83. The maximum absolute atomic E-state index is 6.22. The van der Waals surface area contributed by atoms with Crippen molar-refractivity contribution in [1.82, 2.24) is 10.1 Å². The van der Waals surface area contributed by atoms with Crippen molar-refractivity contribution in [1.29, 1.82) is 0 Å². The molecule has 1 aliphatic carbocycles.